The van der Waals surface area contributed by atoms with Crippen LogP contribution in [0.15, 0.2) is 23.1 Å². The molecule has 0 bridgehead atoms. The molecule has 100 valence electrons. The number of nitrogens with zero attached hydrogens (tertiary/aromatic N) is 1. The number of nitrogens with one attached hydrogen (secondary N) is 1. The van der Waals surface area contributed by atoms with Crippen LogP contribution in [0, 0.1) is 0 Å². The molecule has 1 unspecified atom stereocenters. The minimum absolute atomic E-state index is 0.0285. The molecule has 1 aromatic rings. The van der Waals surface area contributed by atoms with Gasteiger partial charge >= 0.3 is 0 Å². The molecule has 0 aromatic heterocycles. The monoisotopic (exact) mass is 298 g/mol. The summed E-state index contributed by atoms with van der Waals surface area (Å²) in [6, 6.07) is 3.88. The van der Waals surface area contributed by atoms with E-state index in [9.17, 15) is 14.4 Å². The summed E-state index contributed by atoms with van der Waals surface area (Å²) < 4.78 is 0. The van der Waals surface area contributed by atoms with Crippen molar-refractivity contribution in [2.24, 2.45) is 0 Å². The Morgan fingerprint density at radius 1 is 1.47 bits per heavy atom. The number of thiol groups is 1. The van der Waals surface area contributed by atoms with Crippen LogP contribution in [0.1, 0.15) is 16.8 Å². The molecule has 1 N–H and O–H groups in total. The molecule has 0 saturated carbocycles. The van der Waals surface area contributed by atoms with E-state index in [1.807, 2.05) is 0 Å². The number of imide groups is 1. The highest BCUT2D eigenvalue weighted by Gasteiger charge is 2.37. The molecule has 0 radical (unpaired) electrons. The Bertz CT molecular complexity index is 576. The molecule has 19 heavy (non-hydrogen) atoms. The van der Waals surface area contributed by atoms with Gasteiger partial charge in [0.2, 0.25) is 5.91 Å². The lowest BCUT2D eigenvalue weighted by molar-refractivity contribution is -0.137. The molecule has 2 rings (SSSR count). The second-order valence-corrected chi connectivity index (χ2v) is 5.11. The molecule has 1 fully saturated rings. The second-order valence-electron chi connectivity index (χ2n) is 4.19. The zero-order valence-corrected chi connectivity index (χ0v) is 11.7. The molecule has 1 heterocycles. The maximum atomic E-state index is 12.0. The van der Waals surface area contributed by atoms with Crippen LogP contribution in [0.25, 0.3) is 0 Å². The molecule has 3 amide bonds. The standard InChI is InChI=1S/C12H11ClN2O3S/c1-15-10(16)5-9(12(15)18)14-11(17)7-4-6(19)2-3-8(7)13/h2-4,9,19H,5H2,1H3,(H,14,17). The van der Waals surface area contributed by atoms with E-state index in [2.05, 4.69) is 17.9 Å². The van der Waals surface area contributed by atoms with Crippen molar-refractivity contribution < 1.29 is 14.4 Å². The van der Waals surface area contributed by atoms with Crippen LogP contribution < -0.4 is 5.32 Å². The highest BCUT2D eigenvalue weighted by atomic mass is 35.5. The van der Waals surface area contributed by atoms with Gasteiger partial charge in [0.15, 0.2) is 0 Å². The van der Waals surface area contributed by atoms with Crippen molar-refractivity contribution in [2.45, 2.75) is 17.4 Å². The van der Waals surface area contributed by atoms with Crippen molar-refractivity contribution in [3.05, 3.63) is 28.8 Å². The lowest BCUT2D eigenvalue weighted by Gasteiger charge is -2.12. The van der Waals surface area contributed by atoms with Gasteiger partial charge in [0, 0.05) is 11.9 Å². The predicted molar refractivity (Wildman–Crippen MR) is 72.4 cm³/mol. The molecular formula is C12H11ClN2O3S. The van der Waals surface area contributed by atoms with E-state index in [4.69, 9.17) is 11.6 Å². The van der Waals surface area contributed by atoms with Crippen LogP contribution >= 0.6 is 24.2 Å². The van der Waals surface area contributed by atoms with E-state index in [0.29, 0.717) is 4.90 Å². The summed E-state index contributed by atoms with van der Waals surface area (Å²) in [5.41, 5.74) is 0.226. The Morgan fingerprint density at radius 2 is 2.16 bits per heavy atom. The zero-order valence-electron chi connectivity index (χ0n) is 10.0. The van der Waals surface area contributed by atoms with Crippen molar-refractivity contribution in [2.75, 3.05) is 7.05 Å². The van der Waals surface area contributed by atoms with Gasteiger partial charge in [-0.25, -0.2) is 0 Å². The molecule has 0 spiro atoms. The maximum absolute atomic E-state index is 12.0. The van der Waals surface area contributed by atoms with Crippen molar-refractivity contribution in [1.29, 1.82) is 0 Å². The van der Waals surface area contributed by atoms with Crippen LogP contribution in [0.5, 0.6) is 0 Å². The number of amides is 3. The number of carbonyl (C=O) groups excluding carboxylic acids is 3. The first-order chi connectivity index (χ1) is 8.90. The van der Waals surface area contributed by atoms with Crippen molar-refractivity contribution in [1.82, 2.24) is 10.2 Å². The number of halogens is 1. The third kappa shape index (κ3) is 2.74. The van der Waals surface area contributed by atoms with Gasteiger partial charge in [-0.05, 0) is 18.2 Å². The highest BCUT2D eigenvalue weighted by Crippen LogP contribution is 2.20. The predicted octanol–water partition coefficient (Wildman–Crippen LogP) is 1.12. The minimum atomic E-state index is -0.829. The van der Waals surface area contributed by atoms with Crippen molar-refractivity contribution >= 4 is 42.0 Å². The Balaban J connectivity index is 2.16. The number of hydrogen-bond donors (Lipinski definition) is 2. The highest BCUT2D eigenvalue weighted by molar-refractivity contribution is 7.80. The van der Waals surface area contributed by atoms with E-state index in [-0.39, 0.29) is 22.9 Å². The fourth-order valence-electron chi connectivity index (χ4n) is 1.79. The van der Waals surface area contributed by atoms with E-state index < -0.39 is 17.9 Å². The Kier molecular flexibility index (Phi) is 3.82. The van der Waals surface area contributed by atoms with E-state index in [1.54, 1.807) is 12.1 Å². The molecule has 1 saturated heterocycles. The largest absolute Gasteiger partial charge is 0.340 e. The quantitative estimate of drug-likeness (QED) is 0.635. The summed E-state index contributed by atoms with van der Waals surface area (Å²) >= 11 is 10.0. The second kappa shape index (κ2) is 5.22. The number of likely N-dealkylation sites (tertiary alicyclic amines) is 1. The molecule has 1 aromatic carbocycles. The van der Waals surface area contributed by atoms with E-state index in [0.717, 1.165) is 4.90 Å². The van der Waals surface area contributed by atoms with Crippen LogP contribution in [0.4, 0.5) is 0 Å². The first-order valence-electron chi connectivity index (χ1n) is 5.50. The first-order valence-corrected chi connectivity index (χ1v) is 6.32. The van der Waals surface area contributed by atoms with Crippen LogP contribution in [-0.4, -0.2) is 35.7 Å². The summed E-state index contributed by atoms with van der Waals surface area (Å²) in [5.74, 6) is -1.23. The summed E-state index contributed by atoms with van der Waals surface area (Å²) in [6.07, 6.45) is -0.0285. The van der Waals surface area contributed by atoms with Crippen molar-refractivity contribution in [3.63, 3.8) is 0 Å². The summed E-state index contributed by atoms with van der Waals surface area (Å²) in [5, 5.41) is 2.77. The first kappa shape index (κ1) is 13.9. The zero-order chi connectivity index (χ0) is 14.2. The lowest BCUT2D eigenvalue weighted by Crippen LogP contribution is -2.40. The van der Waals surface area contributed by atoms with Gasteiger partial charge in [0.1, 0.15) is 6.04 Å². The maximum Gasteiger partial charge on any atom is 0.253 e. The fourth-order valence-corrected chi connectivity index (χ4v) is 2.20. The molecular weight excluding hydrogens is 288 g/mol. The number of rotatable bonds is 2. The number of likely N-dealkylation sites (N-methyl/N-ethyl adjacent to an activating group) is 1. The Labute approximate surface area is 120 Å². The molecule has 1 aliphatic heterocycles. The van der Waals surface area contributed by atoms with E-state index in [1.165, 1.54) is 13.1 Å². The van der Waals surface area contributed by atoms with Gasteiger partial charge in [-0.1, -0.05) is 11.6 Å². The molecule has 1 atom stereocenters. The lowest BCUT2D eigenvalue weighted by atomic mass is 10.2. The smallest absolute Gasteiger partial charge is 0.253 e. The van der Waals surface area contributed by atoms with Gasteiger partial charge in [0.25, 0.3) is 11.8 Å². The molecule has 5 nitrogen and oxygen atoms in total. The van der Waals surface area contributed by atoms with Gasteiger partial charge < -0.3 is 5.32 Å². The molecule has 1 aliphatic rings. The van der Waals surface area contributed by atoms with Gasteiger partial charge in [-0.3, -0.25) is 19.3 Å². The summed E-state index contributed by atoms with van der Waals surface area (Å²) in [7, 11) is 1.39. The number of carbonyl (C=O) groups is 3. The fraction of sp³-hybridized carbons (Fsp3) is 0.250. The van der Waals surface area contributed by atoms with Gasteiger partial charge in [-0.15, -0.1) is 12.6 Å². The SMILES string of the molecule is CN1C(=O)CC(NC(=O)c2cc(S)ccc2Cl)C1=O. The molecule has 0 aliphatic carbocycles. The normalized spacial score (nSPS) is 18.9. The Hall–Kier alpha value is -1.53. The Morgan fingerprint density at radius 3 is 2.74 bits per heavy atom. The van der Waals surface area contributed by atoms with Gasteiger partial charge in [0.05, 0.1) is 17.0 Å². The van der Waals surface area contributed by atoms with Crippen LogP contribution in [0.2, 0.25) is 5.02 Å². The van der Waals surface area contributed by atoms with Crippen LogP contribution in [-0.2, 0) is 9.59 Å². The topological polar surface area (TPSA) is 66.5 Å². The minimum Gasteiger partial charge on any atom is -0.340 e. The summed E-state index contributed by atoms with van der Waals surface area (Å²) in [4.78, 5) is 36.6. The van der Waals surface area contributed by atoms with Crippen LogP contribution in [0.3, 0.4) is 0 Å². The average Bonchev–Trinajstić information content (AvgIpc) is 2.60. The summed E-state index contributed by atoms with van der Waals surface area (Å²) in [6.45, 7) is 0. The van der Waals surface area contributed by atoms with E-state index >= 15 is 0 Å². The molecule has 7 heteroatoms. The van der Waals surface area contributed by atoms with Crippen molar-refractivity contribution in [3.8, 4) is 0 Å². The third-order valence-corrected chi connectivity index (χ3v) is 3.49. The number of hydrogen-bond acceptors (Lipinski definition) is 4. The number of benzene rings is 1. The third-order valence-electron chi connectivity index (χ3n) is 2.88. The van der Waals surface area contributed by atoms with Gasteiger partial charge in [-0.2, -0.15) is 0 Å². The average molecular weight is 299 g/mol.